The van der Waals surface area contributed by atoms with E-state index >= 15 is 0 Å². The summed E-state index contributed by atoms with van der Waals surface area (Å²) in [7, 11) is 0. The van der Waals surface area contributed by atoms with Gasteiger partial charge in [0, 0.05) is 18.2 Å². The number of nitrogens with zero attached hydrogens (tertiary/aromatic N) is 3. The smallest absolute Gasteiger partial charge is 0.340 e. The minimum Gasteiger partial charge on any atom is -0.340 e. The predicted molar refractivity (Wildman–Crippen MR) is 83.0 cm³/mol. The first-order chi connectivity index (χ1) is 11.5. The topological polar surface area (TPSA) is 66.5 Å². The van der Waals surface area contributed by atoms with Crippen LogP contribution < -0.4 is 5.32 Å². The minimum absolute atomic E-state index is 0.296. The standard InChI is InChI=1S/C16H14F3N5/c17-16(18,19)10-4-5-13(20-7-10)24-14-6-11-12(8-21-14)23-15(22-11)9-2-1-3-9/h4-9H,1-3H2,(H,22,23)(H,20,21,24). The highest BCUT2D eigenvalue weighted by atomic mass is 19.4. The van der Waals surface area contributed by atoms with Gasteiger partial charge in [0.1, 0.15) is 17.5 Å². The van der Waals surface area contributed by atoms with Crippen molar-refractivity contribution in [3.05, 3.63) is 42.0 Å². The minimum atomic E-state index is -4.39. The summed E-state index contributed by atoms with van der Waals surface area (Å²) in [5, 5.41) is 2.90. The van der Waals surface area contributed by atoms with Crippen LogP contribution in [-0.2, 0) is 6.18 Å². The second-order valence-corrected chi connectivity index (χ2v) is 5.89. The Bertz CT molecular complexity index is 866. The van der Waals surface area contributed by atoms with Crippen molar-refractivity contribution in [2.24, 2.45) is 0 Å². The van der Waals surface area contributed by atoms with Crippen LogP contribution in [0.15, 0.2) is 30.6 Å². The van der Waals surface area contributed by atoms with Crippen molar-refractivity contribution in [3.8, 4) is 0 Å². The molecular weight excluding hydrogens is 319 g/mol. The van der Waals surface area contributed by atoms with E-state index in [2.05, 4.69) is 25.3 Å². The average Bonchev–Trinajstić information content (AvgIpc) is 2.87. The quantitative estimate of drug-likeness (QED) is 0.746. The number of hydrogen-bond donors (Lipinski definition) is 2. The van der Waals surface area contributed by atoms with Crippen LogP contribution in [0.2, 0.25) is 0 Å². The largest absolute Gasteiger partial charge is 0.417 e. The van der Waals surface area contributed by atoms with Gasteiger partial charge in [0.2, 0.25) is 0 Å². The fourth-order valence-electron chi connectivity index (χ4n) is 2.64. The Kier molecular flexibility index (Phi) is 3.40. The van der Waals surface area contributed by atoms with Crippen molar-refractivity contribution < 1.29 is 13.2 Å². The summed E-state index contributed by atoms with van der Waals surface area (Å²) in [6, 6.07) is 4.02. The van der Waals surface area contributed by atoms with Gasteiger partial charge in [-0.2, -0.15) is 13.2 Å². The van der Waals surface area contributed by atoms with Crippen LogP contribution in [0.1, 0.15) is 36.6 Å². The molecule has 0 aromatic carbocycles. The number of anilines is 2. The molecule has 3 aromatic heterocycles. The molecule has 0 radical (unpaired) electrons. The summed E-state index contributed by atoms with van der Waals surface area (Å²) < 4.78 is 37.6. The Morgan fingerprint density at radius 1 is 1.08 bits per heavy atom. The molecule has 0 bridgehead atoms. The summed E-state index contributed by atoms with van der Waals surface area (Å²) >= 11 is 0. The number of hydrogen-bond acceptors (Lipinski definition) is 4. The Morgan fingerprint density at radius 2 is 1.88 bits per heavy atom. The molecule has 5 nitrogen and oxygen atoms in total. The highest BCUT2D eigenvalue weighted by Crippen LogP contribution is 2.35. The Labute approximate surface area is 135 Å². The van der Waals surface area contributed by atoms with E-state index in [1.165, 1.54) is 12.5 Å². The molecule has 0 amide bonds. The lowest BCUT2D eigenvalue weighted by molar-refractivity contribution is -0.137. The molecule has 1 saturated carbocycles. The van der Waals surface area contributed by atoms with Crippen molar-refractivity contribution in [3.63, 3.8) is 0 Å². The first-order valence-electron chi connectivity index (χ1n) is 7.65. The zero-order chi connectivity index (χ0) is 16.7. The third kappa shape index (κ3) is 2.79. The summed E-state index contributed by atoms with van der Waals surface area (Å²) in [5.74, 6) is 2.25. The first-order valence-corrected chi connectivity index (χ1v) is 7.65. The van der Waals surface area contributed by atoms with Crippen molar-refractivity contribution in [2.45, 2.75) is 31.4 Å². The van der Waals surface area contributed by atoms with Crippen LogP contribution in [0.25, 0.3) is 11.0 Å². The van der Waals surface area contributed by atoms with Gasteiger partial charge < -0.3 is 10.3 Å². The highest BCUT2D eigenvalue weighted by Gasteiger charge is 2.30. The number of H-pyrrole nitrogens is 1. The Balaban J connectivity index is 1.55. The zero-order valence-electron chi connectivity index (χ0n) is 12.6. The van der Waals surface area contributed by atoms with Crippen molar-refractivity contribution in [2.75, 3.05) is 5.32 Å². The van der Waals surface area contributed by atoms with Gasteiger partial charge in [-0.05, 0) is 25.0 Å². The van der Waals surface area contributed by atoms with Crippen molar-refractivity contribution in [1.82, 2.24) is 19.9 Å². The van der Waals surface area contributed by atoms with E-state index in [0.29, 0.717) is 17.6 Å². The van der Waals surface area contributed by atoms with Crippen LogP contribution in [0, 0.1) is 0 Å². The molecule has 4 rings (SSSR count). The second kappa shape index (κ2) is 5.47. The molecule has 1 aliphatic rings. The van der Waals surface area contributed by atoms with E-state index in [1.54, 1.807) is 12.3 Å². The number of nitrogens with one attached hydrogen (secondary N) is 2. The van der Waals surface area contributed by atoms with Gasteiger partial charge in [-0.15, -0.1) is 0 Å². The summed E-state index contributed by atoms with van der Waals surface area (Å²) in [6.07, 6.45) is 1.59. The van der Waals surface area contributed by atoms with Gasteiger partial charge in [-0.25, -0.2) is 15.0 Å². The summed E-state index contributed by atoms with van der Waals surface area (Å²) in [4.78, 5) is 15.9. The number of fused-ring (bicyclic) bond motifs is 1. The van der Waals surface area contributed by atoms with E-state index in [4.69, 9.17) is 0 Å². The predicted octanol–water partition coefficient (Wildman–Crippen LogP) is 4.38. The molecule has 8 heteroatoms. The number of rotatable bonds is 3. The number of halogens is 3. The maximum atomic E-state index is 12.5. The fourth-order valence-corrected chi connectivity index (χ4v) is 2.64. The van der Waals surface area contributed by atoms with Crippen LogP contribution in [0.5, 0.6) is 0 Å². The van der Waals surface area contributed by atoms with Gasteiger partial charge in [0.25, 0.3) is 0 Å². The van der Waals surface area contributed by atoms with E-state index in [1.807, 2.05) is 0 Å². The number of alkyl halides is 3. The maximum absolute atomic E-state index is 12.5. The third-order valence-corrected chi connectivity index (χ3v) is 4.22. The van der Waals surface area contributed by atoms with E-state index in [-0.39, 0.29) is 0 Å². The highest BCUT2D eigenvalue weighted by molar-refractivity contribution is 5.78. The molecule has 0 aliphatic heterocycles. The van der Waals surface area contributed by atoms with Crippen LogP contribution >= 0.6 is 0 Å². The number of aromatic amines is 1. The second-order valence-electron chi connectivity index (χ2n) is 5.89. The van der Waals surface area contributed by atoms with E-state index in [0.717, 1.165) is 42.0 Å². The zero-order valence-corrected chi connectivity index (χ0v) is 12.6. The van der Waals surface area contributed by atoms with Gasteiger partial charge in [-0.3, -0.25) is 0 Å². The number of pyridine rings is 2. The SMILES string of the molecule is FC(F)(F)c1ccc(Nc2cc3nc(C4CCC4)[nH]c3cn2)nc1. The van der Waals surface area contributed by atoms with Crippen LogP contribution in [0.4, 0.5) is 24.8 Å². The lowest BCUT2D eigenvalue weighted by Gasteiger charge is -2.22. The molecule has 2 N–H and O–H groups in total. The molecule has 0 saturated heterocycles. The average molecular weight is 333 g/mol. The third-order valence-electron chi connectivity index (χ3n) is 4.22. The Morgan fingerprint density at radius 3 is 2.50 bits per heavy atom. The molecule has 124 valence electrons. The normalized spacial score (nSPS) is 15.5. The number of aromatic nitrogens is 4. The molecule has 0 spiro atoms. The Hall–Kier alpha value is -2.64. The van der Waals surface area contributed by atoms with Gasteiger partial charge in [-0.1, -0.05) is 6.42 Å². The molecular formula is C16H14F3N5. The molecule has 0 unspecified atom stereocenters. The van der Waals surface area contributed by atoms with Crippen molar-refractivity contribution in [1.29, 1.82) is 0 Å². The summed E-state index contributed by atoms with van der Waals surface area (Å²) in [6.45, 7) is 0. The maximum Gasteiger partial charge on any atom is 0.417 e. The van der Waals surface area contributed by atoms with Gasteiger partial charge in [0.15, 0.2) is 0 Å². The van der Waals surface area contributed by atoms with Gasteiger partial charge in [0.05, 0.1) is 22.8 Å². The van der Waals surface area contributed by atoms with Crippen molar-refractivity contribution >= 4 is 22.7 Å². The van der Waals surface area contributed by atoms with Crippen LogP contribution in [0.3, 0.4) is 0 Å². The van der Waals surface area contributed by atoms with Crippen LogP contribution in [-0.4, -0.2) is 19.9 Å². The molecule has 1 fully saturated rings. The lowest BCUT2D eigenvalue weighted by atomic mass is 9.85. The number of imidazole rings is 1. The van der Waals surface area contributed by atoms with Gasteiger partial charge >= 0.3 is 6.18 Å². The monoisotopic (exact) mass is 333 g/mol. The molecule has 0 atom stereocenters. The summed E-state index contributed by atoms with van der Waals surface area (Å²) in [5.41, 5.74) is 0.845. The molecule has 24 heavy (non-hydrogen) atoms. The molecule has 3 heterocycles. The molecule has 3 aromatic rings. The fraction of sp³-hybridized carbons (Fsp3) is 0.312. The first kappa shape index (κ1) is 14.9. The van der Waals surface area contributed by atoms with E-state index < -0.39 is 11.7 Å². The van der Waals surface area contributed by atoms with E-state index in [9.17, 15) is 13.2 Å². The lowest BCUT2D eigenvalue weighted by Crippen LogP contribution is -2.10. The molecule has 1 aliphatic carbocycles.